The van der Waals surface area contributed by atoms with Gasteiger partial charge in [0.15, 0.2) is 11.5 Å². The van der Waals surface area contributed by atoms with E-state index in [4.69, 9.17) is 13.7 Å². The lowest BCUT2D eigenvalue weighted by Crippen LogP contribution is -2.37. The quantitative estimate of drug-likeness (QED) is 0.280. The first-order chi connectivity index (χ1) is 17.0. The Morgan fingerprint density at radius 2 is 1.25 bits per heavy atom. The van der Waals surface area contributed by atoms with Crippen molar-refractivity contribution >= 4 is 10.1 Å². The van der Waals surface area contributed by atoms with Crippen molar-refractivity contribution in [2.75, 3.05) is 6.61 Å². The first-order valence-electron chi connectivity index (χ1n) is 12.6. The van der Waals surface area contributed by atoms with Gasteiger partial charge in [-0.15, -0.1) is 0 Å². The molecule has 4 rings (SSSR count). The lowest BCUT2D eigenvalue weighted by atomic mass is 9.89. The van der Waals surface area contributed by atoms with Gasteiger partial charge in [0, 0.05) is 5.56 Å². The first kappa shape index (κ1) is 26.2. The average molecular weight is 509 g/mol. The molecule has 3 aromatic rings. The molecule has 0 saturated carbocycles. The van der Waals surface area contributed by atoms with Crippen molar-refractivity contribution in [1.82, 2.24) is 0 Å². The van der Waals surface area contributed by atoms with Gasteiger partial charge in [0.2, 0.25) is 0 Å². The van der Waals surface area contributed by atoms with E-state index >= 15 is 0 Å². The van der Waals surface area contributed by atoms with E-state index in [-0.39, 0.29) is 24.9 Å². The molecule has 0 bridgehead atoms. The van der Waals surface area contributed by atoms with Gasteiger partial charge in [-0.05, 0) is 46.6 Å². The molecule has 6 heteroatoms. The summed E-state index contributed by atoms with van der Waals surface area (Å²) in [5.74, 6) is 0.434. The molecule has 0 fully saturated rings. The van der Waals surface area contributed by atoms with Gasteiger partial charge in [-0.25, -0.2) is 0 Å². The molecule has 3 aromatic carbocycles. The molecule has 0 atom stereocenters. The normalized spacial score (nSPS) is 14.7. The maximum absolute atomic E-state index is 13.7. The Hall–Kier alpha value is -2.83. The number of benzene rings is 3. The fraction of sp³-hybridized carbons (Fsp3) is 0.400. The lowest BCUT2D eigenvalue weighted by Gasteiger charge is -2.28. The smallest absolute Gasteiger partial charge is 0.297 e. The standard InChI is InChI=1S/C30H36O5S/c1-20(2)23-18-25(21(3)4)29(26(19-23)22(5)6)36(31,32)33-17-16-30(24-12-8-7-9-13-24)34-27-14-10-11-15-28(27)35-30/h7-15,18-22H,16-17H2,1-6H3. The van der Waals surface area contributed by atoms with Crippen LogP contribution in [0.1, 0.15) is 88.0 Å². The maximum atomic E-state index is 13.7. The second-order valence-electron chi connectivity index (χ2n) is 10.3. The number of fused-ring (bicyclic) bond motifs is 1. The van der Waals surface area contributed by atoms with Crippen LogP contribution in [0.15, 0.2) is 71.6 Å². The number of para-hydroxylation sites is 2. The van der Waals surface area contributed by atoms with Crippen molar-refractivity contribution in [3.8, 4) is 11.5 Å². The molecule has 1 aliphatic heterocycles. The van der Waals surface area contributed by atoms with Crippen LogP contribution in [0.25, 0.3) is 0 Å². The minimum Gasteiger partial charge on any atom is -0.444 e. The molecular weight excluding hydrogens is 472 g/mol. The SMILES string of the molecule is CC(C)c1cc(C(C)C)c(S(=O)(=O)OCCC2(c3ccccc3)Oc3ccccc3O2)c(C(C)C)c1. The third kappa shape index (κ3) is 5.16. The summed E-state index contributed by atoms with van der Waals surface area (Å²) in [7, 11) is -4.03. The Balaban J connectivity index is 1.65. The average Bonchev–Trinajstić information content (AvgIpc) is 3.23. The highest BCUT2D eigenvalue weighted by atomic mass is 32.2. The maximum Gasteiger partial charge on any atom is 0.297 e. The Bertz CT molecular complexity index is 1260. The molecule has 0 unspecified atom stereocenters. The topological polar surface area (TPSA) is 61.8 Å². The summed E-state index contributed by atoms with van der Waals surface area (Å²) in [5, 5.41) is 0. The third-order valence-corrected chi connectivity index (χ3v) is 8.06. The molecule has 192 valence electrons. The number of rotatable bonds is 9. The molecular formula is C30H36O5S. The summed E-state index contributed by atoms with van der Waals surface area (Å²) >= 11 is 0. The Kier molecular flexibility index (Phi) is 7.48. The molecule has 0 amide bonds. The van der Waals surface area contributed by atoms with Crippen molar-refractivity contribution in [3.63, 3.8) is 0 Å². The van der Waals surface area contributed by atoms with Crippen LogP contribution in [-0.4, -0.2) is 15.0 Å². The van der Waals surface area contributed by atoms with Gasteiger partial charge in [0.1, 0.15) is 4.90 Å². The Morgan fingerprint density at radius 3 is 1.72 bits per heavy atom. The molecule has 0 aromatic heterocycles. The highest BCUT2D eigenvalue weighted by Crippen LogP contribution is 2.46. The zero-order valence-electron chi connectivity index (χ0n) is 21.9. The van der Waals surface area contributed by atoms with E-state index in [1.54, 1.807) is 0 Å². The molecule has 5 nitrogen and oxygen atoms in total. The van der Waals surface area contributed by atoms with Crippen LogP contribution >= 0.6 is 0 Å². The number of hydrogen-bond acceptors (Lipinski definition) is 5. The second-order valence-corrected chi connectivity index (χ2v) is 11.8. The Labute approximate surface area is 215 Å². The summed E-state index contributed by atoms with van der Waals surface area (Å²) in [6.45, 7) is 12.2. The number of ether oxygens (including phenoxy) is 2. The minimum absolute atomic E-state index is 0.0289. The van der Waals surface area contributed by atoms with Crippen LogP contribution in [-0.2, 0) is 20.1 Å². The van der Waals surface area contributed by atoms with Crippen LogP contribution in [0.5, 0.6) is 11.5 Å². The molecule has 0 spiro atoms. The first-order valence-corrected chi connectivity index (χ1v) is 14.0. The zero-order chi connectivity index (χ0) is 26.1. The second kappa shape index (κ2) is 10.3. The van der Waals surface area contributed by atoms with Crippen molar-refractivity contribution < 1.29 is 22.1 Å². The van der Waals surface area contributed by atoms with E-state index in [1.807, 2.05) is 94.4 Å². The zero-order valence-corrected chi connectivity index (χ0v) is 22.8. The predicted octanol–water partition coefficient (Wildman–Crippen LogP) is 7.48. The summed E-state index contributed by atoms with van der Waals surface area (Å²) in [6.07, 6.45) is 0.197. The van der Waals surface area contributed by atoms with E-state index in [0.717, 1.165) is 22.3 Å². The van der Waals surface area contributed by atoms with Gasteiger partial charge < -0.3 is 9.47 Å². The van der Waals surface area contributed by atoms with Crippen molar-refractivity contribution in [2.24, 2.45) is 0 Å². The fourth-order valence-corrected chi connectivity index (χ4v) is 6.16. The van der Waals surface area contributed by atoms with Crippen LogP contribution < -0.4 is 9.47 Å². The van der Waals surface area contributed by atoms with Gasteiger partial charge in [-0.2, -0.15) is 8.42 Å². The molecule has 36 heavy (non-hydrogen) atoms. The van der Waals surface area contributed by atoms with Crippen molar-refractivity contribution in [3.05, 3.63) is 89.0 Å². The Morgan fingerprint density at radius 1 is 0.750 bits per heavy atom. The molecule has 1 aliphatic rings. The molecule has 0 radical (unpaired) electrons. The molecule has 0 saturated heterocycles. The van der Waals surface area contributed by atoms with Gasteiger partial charge in [-0.3, -0.25) is 4.18 Å². The van der Waals surface area contributed by atoms with Crippen LogP contribution in [0.2, 0.25) is 0 Å². The van der Waals surface area contributed by atoms with E-state index in [9.17, 15) is 8.42 Å². The van der Waals surface area contributed by atoms with Crippen molar-refractivity contribution in [1.29, 1.82) is 0 Å². The summed E-state index contributed by atoms with van der Waals surface area (Å²) < 4.78 is 45.6. The number of hydrogen-bond donors (Lipinski definition) is 0. The fourth-order valence-electron chi connectivity index (χ4n) is 4.57. The van der Waals surface area contributed by atoms with Gasteiger partial charge in [-0.1, -0.05) is 96.1 Å². The van der Waals surface area contributed by atoms with Crippen LogP contribution in [0.3, 0.4) is 0 Å². The molecule has 0 N–H and O–H groups in total. The summed E-state index contributed by atoms with van der Waals surface area (Å²) in [4.78, 5) is 0.294. The monoisotopic (exact) mass is 508 g/mol. The van der Waals surface area contributed by atoms with Gasteiger partial charge in [0.25, 0.3) is 15.9 Å². The van der Waals surface area contributed by atoms with Gasteiger partial charge >= 0.3 is 0 Å². The summed E-state index contributed by atoms with van der Waals surface area (Å²) in [5.41, 5.74) is 3.52. The third-order valence-electron chi connectivity index (χ3n) is 6.61. The van der Waals surface area contributed by atoms with Gasteiger partial charge in [0.05, 0.1) is 13.0 Å². The van der Waals surface area contributed by atoms with Crippen LogP contribution in [0, 0.1) is 0 Å². The van der Waals surface area contributed by atoms with E-state index in [2.05, 4.69) is 13.8 Å². The minimum atomic E-state index is -4.03. The lowest BCUT2D eigenvalue weighted by molar-refractivity contribution is -0.0991. The predicted molar refractivity (Wildman–Crippen MR) is 142 cm³/mol. The highest BCUT2D eigenvalue weighted by Gasteiger charge is 2.43. The highest BCUT2D eigenvalue weighted by molar-refractivity contribution is 7.86. The van der Waals surface area contributed by atoms with E-state index in [1.165, 1.54) is 0 Å². The molecule has 0 aliphatic carbocycles. The van der Waals surface area contributed by atoms with Crippen molar-refractivity contribution in [2.45, 2.75) is 76.4 Å². The van der Waals surface area contributed by atoms with E-state index < -0.39 is 15.9 Å². The van der Waals surface area contributed by atoms with E-state index in [0.29, 0.717) is 22.3 Å². The molecule has 1 heterocycles. The van der Waals surface area contributed by atoms with Crippen LogP contribution in [0.4, 0.5) is 0 Å². The largest absolute Gasteiger partial charge is 0.444 e. The summed E-state index contributed by atoms with van der Waals surface area (Å²) in [6, 6.07) is 21.0.